The van der Waals surface area contributed by atoms with Gasteiger partial charge >= 0.3 is 0 Å². The molecule has 1 heterocycles. The third-order valence-corrected chi connectivity index (χ3v) is 3.24. The minimum absolute atomic E-state index is 0.434. The van der Waals surface area contributed by atoms with Crippen molar-refractivity contribution in [3.63, 3.8) is 0 Å². The summed E-state index contributed by atoms with van der Waals surface area (Å²) in [5, 5.41) is 21.5. The number of aromatic nitrogens is 2. The molecule has 1 aromatic rings. The molecule has 0 aliphatic heterocycles. The summed E-state index contributed by atoms with van der Waals surface area (Å²) in [4.78, 5) is 3.95. The van der Waals surface area contributed by atoms with Crippen LogP contribution in [0, 0.1) is 22.7 Å². The summed E-state index contributed by atoms with van der Waals surface area (Å²) in [7, 11) is 0. The van der Waals surface area contributed by atoms with Gasteiger partial charge in [-0.3, -0.25) is 5.32 Å². The zero-order valence-electron chi connectivity index (χ0n) is 10.6. The molecule has 0 aromatic carbocycles. The van der Waals surface area contributed by atoms with Crippen LogP contribution in [-0.4, -0.2) is 21.1 Å². The van der Waals surface area contributed by atoms with E-state index in [1.54, 1.807) is 12.4 Å². The molecule has 1 aliphatic rings. The van der Waals surface area contributed by atoms with E-state index < -0.39 is 5.54 Å². The van der Waals surface area contributed by atoms with Gasteiger partial charge in [0.05, 0.1) is 6.07 Å². The van der Waals surface area contributed by atoms with Crippen molar-refractivity contribution in [3.8, 4) is 12.1 Å². The molecule has 5 heteroatoms. The van der Waals surface area contributed by atoms with E-state index in [4.69, 9.17) is 5.26 Å². The molecular formula is C13H17N5. The maximum atomic E-state index is 9.24. The fourth-order valence-electron chi connectivity index (χ4n) is 2.04. The van der Waals surface area contributed by atoms with Gasteiger partial charge in [-0.15, -0.1) is 0 Å². The minimum Gasteiger partial charge on any atom is -0.323 e. The number of rotatable bonds is 6. The van der Waals surface area contributed by atoms with Crippen LogP contribution in [0.15, 0.2) is 12.4 Å². The average Bonchev–Trinajstić information content (AvgIpc) is 3.05. The first kappa shape index (κ1) is 12.6. The van der Waals surface area contributed by atoms with E-state index in [1.807, 2.05) is 11.5 Å². The molecule has 1 aromatic heterocycles. The highest BCUT2D eigenvalue weighted by Gasteiger charge is 2.31. The molecule has 2 rings (SSSR count). The number of nitrogens with one attached hydrogen (secondary N) is 1. The highest BCUT2D eigenvalue weighted by Crippen LogP contribution is 2.24. The zero-order valence-corrected chi connectivity index (χ0v) is 10.6. The van der Waals surface area contributed by atoms with Crippen LogP contribution in [0.2, 0.25) is 0 Å². The molecule has 18 heavy (non-hydrogen) atoms. The molecular weight excluding hydrogens is 226 g/mol. The Morgan fingerprint density at radius 3 is 2.94 bits per heavy atom. The van der Waals surface area contributed by atoms with Crippen LogP contribution in [0.4, 0.5) is 0 Å². The fraction of sp³-hybridized carbons (Fsp3) is 0.615. The van der Waals surface area contributed by atoms with Gasteiger partial charge in [-0.05, 0) is 32.6 Å². The summed E-state index contributed by atoms with van der Waals surface area (Å²) in [5.41, 5.74) is -0.450. The lowest BCUT2D eigenvalue weighted by atomic mass is 9.97. The third kappa shape index (κ3) is 3.09. The van der Waals surface area contributed by atoms with E-state index >= 15 is 0 Å². The molecule has 1 N–H and O–H groups in total. The quantitative estimate of drug-likeness (QED) is 0.822. The predicted octanol–water partition coefficient (Wildman–Crippen LogP) is 1.57. The molecule has 1 aliphatic carbocycles. The number of hydrogen-bond acceptors (Lipinski definition) is 4. The summed E-state index contributed by atoms with van der Waals surface area (Å²) in [6.45, 7) is 2.68. The van der Waals surface area contributed by atoms with E-state index in [0.717, 1.165) is 19.4 Å². The van der Waals surface area contributed by atoms with Gasteiger partial charge in [0.15, 0.2) is 0 Å². The lowest BCUT2D eigenvalue weighted by molar-refractivity contribution is 0.391. The number of hydrogen-bond donors (Lipinski definition) is 1. The predicted molar refractivity (Wildman–Crippen MR) is 66.4 cm³/mol. The minimum atomic E-state index is -0.450. The Hall–Kier alpha value is -1.85. The topological polar surface area (TPSA) is 77.4 Å². The van der Waals surface area contributed by atoms with Gasteiger partial charge in [-0.2, -0.15) is 10.5 Å². The Labute approximate surface area is 107 Å². The van der Waals surface area contributed by atoms with Crippen molar-refractivity contribution in [2.75, 3.05) is 0 Å². The molecule has 0 radical (unpaired) electrons. The standard InChI is InChI=1S/C13H17N5/c1-13(10-15,17-11-3-4-11)5-2-7-18-8-6-16-12(18)9-14/h6,8,11,17H,2-5,7H2,1H3. The van der Waals surface area contributed by atoms with Crippen molar-refractivity contribution >= 4 is 0 Å². The first-order valence-electron chi connectivity index (χ1n) is 6.27. The Morgan fingerprint density at radius 2 is 2.33 bits per heavy atom. The molecule has 0 bridgehead atoms. The molecule has 0 spiro atoms. The van der Waals surface area contributed by atoms with E-state index in [2.05, 4.69) is 22.4 Å². The highest BCUT2D eigenvalue weighted by molar-refractivity contribution is 5.11. The van der Waals surface area contributed by atoms with Crippen LogP contribution in [-0.2, 0) is 6.54 Å². The Balaban J connectivity index is 1.84. The second-order valence-corrected chi connectivity index (χ2v) is 5.02. The van der Waals surface area contributed by atoms with Crippen molar-refractivity contribution in [1.29, 1.82) is 10.5 Å². The van der Waals surface area contributed by atoms with Crippen molar-refractivity contribution in [1.82, 2.24) is 14.9 Å². The number of nitrogens with zero attached hydrogens (tertiary/aromatic N) is 4. The van der Waals surface area contributed by atoms with E-state index in [1.165, 1.54) is 12.8 Å². The van der Waals surface area contributed by atoms with Crippen LogP contribution in [0.25, 0.3) is 0 Å². The van der Waals surface area contributed by atoms with E-state index in [-0.39, 0.29) is 0 Å². The first-order chi connectivity index (χ1) is 8.67. The van der Waals surface area contributed by atoms with Crippen LogP contribution in [0.3, 0.4) is 0 Å². The highest BCUT2D eigenvalue weighted by atomic mass is 15.1. The smallest absolute Gasteiger partial charge is 0.212 e. The number of imidazole rings is 1. The van der Waals surface area contributed by atoms with E-state index in [9.17, 15) is 5.26 Å². The van der Waals surface area contributed by atoms with Gasteiger partial charge in [0.1, 0.15) is 11.6 Å². The summed E-state index contributed by atoms with van der Waals surface area (Å²) in [6, 6.07) is 4.93. The van der Waals surface area contributed by atoms with Crippen LogP contribution in [0.5, 0.6) is 0 Å². The molecule has 5 nitrogen and oxygen atoms in total. The molecule has 1 unspecified atom stereocenters. The second kappa shape index (κ2) is 5.20. The van der Waals surface area contributed by atoms with Crippen LogP contribution in [0.1, 0.15) is 38.4 Å². The Bertz CT molecular complexity index is 488. The number of aryl methyl sites for hydroxylation is 1. The molecule has 1 saturated carbocycles. The first-order valence-corrected chi connectivity index (χ1v) is 6.27. The molecule has 1 fully saturated rings. The van der Waals surface area contributed by atoms with Gasteiger partial charge in [-0.1, -0.05) is 0 Å². The van der Waals surface area contributed by atoms with Gasteiger partial charge < -0.3 is 4.57 Å². The third-order valence-electron chi connectivity index (χ3n) is 3.24. The fourth-order valence-corrected chi connectivity index (χ4v) is 2.04. The molecule has 0 saturated heterocycles. The van der Waals surface area contributed by atoms with Gasteiger partial charge in [0.2, 0.25) is 5.82 Å². The van der Waals surface area contributed by atoms with Crippen molar-refractivity contribution in [2.45, 2.75) is 50.7 Å². The molecule has 94 valence electrons. The van der Waals surface area contributed by atoms with E-state index in [0.29, 0.717) is 11.9 Å². The summed E-state index contributed by atoms with van der Waals surface area (Å²) < 4.78 is 1.83. The SMILES string of the molecule is CC(C#N)(CCCn1ccnc1C#N)NC1CC1. The summed E-state index contributed by atoms with van der Waals surface area (Å²) >= 11 is 0. The maximum absolute atomic E-state index is 9.24. The molecule has 1 atom stereocenters. The average molecular weight is 243 g/mol. The van der Waals surface area contributed by atoms with Crippen LogP contribution >= 0.6 is 0 Å². The largest absolute Gasteiger partial charge is 0.323 e. The lowest BCUT2D eigenvalue weighted by Gasteiger charge is -2.23. The number of nitriles is 2. The van der Waals surface area contributed by atoms with Crippen molar-refractivity contribution < 1.29 is 0 Å². The van der Waals surface area contributed by atoms with Crippen molar-refractivity contribution in [3.05, 3.63) is 18.2 Å². The summed E-state index contributed by atoms with van der Waals surface area (Å²) in [5.74, 6) is 0.434. The van der Waals surface area contributed by atoms with Gasteiger partial charge in [-0.25, -0.2) is 4.98 Å². The van der Waals surface area contributed by atoms with Crippen molar-refractivity contribution in [2.24, 2.45) is 0 Å². The zero-order chi connectivity index (χ0) is 13.0. The normalized spacial score (nSPS) is 17.7. The Morgan fingerprint density at radius 1 is 1.56 bits per heavy atom. The van der Waals surface area contributed by atoms with Gasteiger partial charge in [0, 0.05) is 25.0 Å². The molecule has 0 amide bonds. The lowest BCUT2D eigenvalue weighted by Crippen LogP contribution is -2.42. The maximum Gasteiger partial charge on any atom is 0.212 e. The van der Waals surface area contributed by atoms with Crippen LogP contribution < -0.4 is 5.32 Å². The second-order valence-electron chi connectivity index (χ2n) is 5.02. The van der Waals surface area contributed by atoms with Gasteiger partial charge in [0.25, 0.3) is 0 Å². The Kier molecular flexibility index (Phi) is 3.64. The monoisotopic (exact) mass is 243 g/mol. The summed E-state index contributed by atoms with van der Waals surface area (Å²) in [6.07, 6.45) is 7.42.